The number of ether oxygens (including phenoxy) is 9. The molecule has 18 atom stereocenters. The SMILES string of the molecule is COc1cccc2c1C(=O)c1c(O)c3c(c(O)c1C2=O)C[C@@](O)(/C(CO)=N/NC(=O)CCC(C)=O)CC3OC1CC(N)C(O)C(C)O1.COc1cccc2c1C(=O)c1c(O)c3c(c(O)c1C2=O)C[C@@](O)(/C(CO)=N\NC(=O)CCC(=O)O)CC3OC1CC(N)C(O)C(C)O1.COc1cccc2c1C(=O)c1c(O)c3c(c(O)c1C2=O)C[C@@](O)(C(=O)CO)CC3OC1CC(N)C(O)C(C)O1. The van der Waals surface area contributed by atoms with Crippen molar-refractivity contribution in [3.8, 4) is 51.7 Å². The van der Waals surface area contributed by atoms with Crippen molar-refractivity contribution in [3.05, 3.63) is 155 Å². The van der Waals surface area contributed by atoms with Gasteiger partial charge in [0.05, 0.1) is 157 Å². The Hall–Kier alpha value is -12.1. The number of aliphatic hydroxyl groups excluding tert-OH is 6. The quantitative estimate of drug-likeness (QED) is 0.0228. The molecule has 0 saturated carbocycles. The fourth-order valence-corrected chi connectivity index (χ4v) is 18.4. The van der Waals surface area contributed by atoms with Crippen LogP contribution in [0.25, 0.3) is 0 Å². The summed E-state index contributed by atoms with van der Waals surface area (Å²) in [7, 11) is 3.94. The number of carbonyl (C=O) groups excluding carboxylic acids is 10. The van der Waals surface area contributed by atoms with Gasteiger partial charge in [-0.1, -0.05) is 36.4 Å². The number of amides is 2. The molecule has 3 heterocycles. The zero-order valence-electron chi connectivity index (χ0n) is 72.6. The second-order valence-electron chi connectivity index (χ2n) is 33.9. The molecule has 3 aliphatic heterocycles. The van der Waals surface area contributed by atoms with Crippen molar-refractivity contribution in [2.45, 2.75) is 220 Å². The number of hydrazone groups is 2. The van der Waals surface area contributed by atoms with Crippen LogP contribution in [0.15, 0.2) is 64.8 Å². The Morgan fingerprint density at radius 2 is 0.707 bits per heavy atom. The number of fused-ring (bicyclic) bond motifs is 9. The highest BCUT2D eigenvalue weighted by atomic mass is 16.7. The predicted molar refractivity (Wildman–Crippen MR) is 453 cm³/mol. The molecular weight excluding hydrogens is 1760 g/mol. The number of hydrogen-bond acceptors (Lipinski definition) is 40. The highest BCUT2D eigenvalue weighted by Gasteiger charge is 2.55. The molecule has 0 spiro atoms. The zero-order chi connectivity index (χ0) is 97.1. The number of ketones is 8. The molecule has 9 aliphatic rings. The first-order valence-corrected chi connectivity index (χ1v) is 42.2. The number of Topliss-reactive ketones (excluding diaryl/α,β-unsaturated/α-hetero) is 2. The van der Waals surface area contributed by atoms with Gasteiger partial charge >= 0.3 is 5.97 Å². The van der Waals surface area contributed by atoms with Gasteiger partial charge in [0.25, 0.3) is 0 Å². The average molecular weight is 1860 g/mol. The summed E-state index contributed by atoms with van der Waals surface area (Å²) in [5.74, 6) is -12.6. The topological polar surface area (TPSA) is 721 Å². The maximum atomic E-state index is 13.9. The van der Waals surface area contributed by atoms with Crippen molar-refractivity contribution in [3.63, 3.8) is 0 Å². The number of methoxy groups -OCH3 is 3. The lowest BCUT2D eigenvalue weighted by Crippen LogP contribution is -2.53. The van der Waals surface area contributed by atoms with Crippen LogP contribution < -0.4 is 42.3 Å². The van der Waals surface area contributed by atoms with Gasteiger partial charge in [0.2, 0.25) is 29.2 Å². The molecule has 133 heavy (non-hydrogen) atoms. The predicted octanol–water partition coefficient (Wildman–Crippen LogP) is 0.0441. The van der Waals surface area contributed by atoms with Gasteiger partial charge in [0.15, 0.2) is 42.0 Å². The highest BCUT2D eigenvalue weighted by Crippen LogP contribution is 2.58. The van der Waals surface area contributed by atoms with Crippen LogP contribution in [0.5, 0.6) is 51.7 Å². The fraction of sp³-hybridized carbons (Fsp3) is 0.456. The smallest absolute Gasteiger partial charge is 0.303 e. The molecular formula is C90H101N7O36. The van der Waals surface area contributed by atoms with Gasteiger partial charge in [0, 0.05) is 145 Å². The number of aromatic hydroxyl groups is 6. The van der Waals surface area contributed by atoms with Crippen LogP contribution >= 0.6 is 0 Å². The second-order valence-corrected chi connectivity index (χ2v) is 33.9. The Labute approximate surface area is 755 Å². The lowest BCUT2D eigenvalue weighted by Gasteiger charge is -2.43. The zero-order valence-corrected chi connectivity index (χ0v) is 72.6. The molecule has 43 heteroatoms. The van der Waals surface area contributed by atoms with Gasteiger partial charge in [0.1, 0.15) is 80.9 Å². The first-order valence-electron chi connectivity index (χ1n) is 42.2. The van der Waals surface area contributed by atoms with Crippen molar-refractivity contribution >= 4 is 75.5 Å². The molecule has 15 rings (SSSR count). The lowest BCUT2D eigenvalue weighted by molar-refractivity contribution is -0.247. The Kier molecular flexibility index (Phi) is 28.7. The molecule has 2 amide bonds. The van der Waals surface area contributed by atoms with Crippen LogP contribution in [0, 0.1) is 0 Å². The molecule has 6 aromatic carbocycles. The Balaban J connectivity index is 0.000000170. The van der Waals surface area contributed by atoms with Crippen molar-refractivity contribution in [2.24, 2.45) is 27.4 Å². The van der Waals surface area contributed by atoms with E-state index in [0.29, 0.717) is 0 Å². The minimum Gasteiger partial charge on any atom is -0.507 e. The number of aliphatic carboxylic acids is 1. The first kappa shape index (κ1) is 98.4. The summed E-state index contributed by atoms with van der Waals surface area (Å²) in [6, 6.07) is 10.7. The van der Waals surface area contributed by atoms with E-state index < -0.39 is 312 Å². The minimum atomic E-state index is -2.24. The van der Waals surface area contributed by atoms with Crippen LogP contribution in [0.1, 0.15) is 239 Å². The molecule has 15 unspecified atom stereocenters. The lowest BCUT2D eigenvalue weighted by atomic mass is 9.71. The third kappa shape index (κ3) is 18.3. The fourth-order valence-electron chi connectivity index (χ4n) is 18.4. The van der Waals surface area contributed by atoms with Crippen LogP contribution in [0.3, 0.4) is 0 Å². The number of nitrogens with zero attached hydrogens (tertiary/aromatic N) is 2. The number of carboxylic acid groups (broad SMARTS) is 1. The van der Waals surface area contributed by atoms with Crippen LogP contribution in [-0.2, 0) is 71.7 Å². The Morgan fingerprint density at radius 3 is 0.977 bits per heavy atom. The summed E-state index contributed by atoms with van der Waals surface area (Å²) in [5.41, 5.74) is 10.7. The largest absolute Gasteiger partial charge is 0.507 e. The number of rotatable bonds is 23. The average Bonchev–Trinajstić information content (AvgIpc) is 0.718. The van der Waals surface area contributed by atoms with Gasteiger partial charge in [-0.2, -0.15) is 10.2 Å². The molecule has 3 fully saturated rings. The van der Waals surface area contributed by atoms with Gasteiger partial charge in [-0.3, -0.25) is 47.9 Å². The van der Waals surface area contributed by atoms with Gasteiger partial charge in [-0.25, -0.2) is 10.9 Å². The number of carboxylic acids is 1. The summed E-state index contributed by atoms with van der Waals surface area (Å²) in [5, 5.41) is 182. The normalized spacial score (nSPS) is 27.9. The number of carbonyl (C=O) groups is 11. The molecule has 6 aromatic rings. The van der Waals surface area contributed by atoms with Crippen LogP contribution in [0.2, 0.25) is 0 Å². The molecule has 3 saturated heterocycles. The molecule has 0 radical (unpaired) electrons. The number of benzene rings is 6. The molecule has 712 valence electrons. The number of hydrogen-bond donors (Lipinski definition) is 21. The van der Waals surface area contributed by atoms with E-state index in [1.165, 1.54) is 82.9 Å². The number of aliphatic hydroxyl groups is 9. The summed E-state index contributed by atoms with van der Waals surface area (Å²) in [4.78, 5) is 142. The maximum absolute atomic E-state index is 13.9. The second kappa shape index (κ2) is 38.8. The number of nitrogens with two attached hydrogens (primary N) is 3. The van der Waals surface area contributed by atoms with E-state index >= 15 is 0 Å². The van der Waals surface area contributed by atoms with Crippen molar-refractivity contribution in [1.29, 1.82) is 0 Å². The van der Waals surface area contributed by atoms with Crippen molar-refractivity contribution in [2.75, 3.05) is 41.2 Å². The Morgan fingerprint density at radius 1 is 0.421 bits per heavy atom. The summed E-state index contributed by atoms with van der Waals surface area (Å²) in [6.07, 6.45) is -17.0. The standard InChI is InChI=1S/C32H37N3O12.C31H35N3O13.C27H29NO11/c1-13(37)7-8-21(38)35-34-20(12-36)32(44)10-16-24(19(11-32)47-22-9-17(33)27(39)14(2)46-22)31(43)26-25(29(16)41)28(40)15-5-4-6-18(45-3)23(15)30(26)42;1-12-26(39)15(32)8-21(46-12)47-17-10-31(44,18(11-35)33-34-19(36)6-7-20(37)38)9-14-23(17)30(43)25-24(28(14)41)27(40)13-4-3-5-16(45-2)22(13)29(25)42;1-10-22(31)13(28)6-17(38-10)39-15-8-27(36,16(30)9-29)7-12-19(15)26(35)21-20(24(12)33)23(32)11-4-3-5-14(37-2)18(11)25(21)34/h4-6,14,17,19,22,27,36,39,41,43-44H,7-12,33H2,1-3H3,(H,35,38);3-5,12,15,17,21,26,35,39,41,43-44H,6-11,32H2,1-2H3,(H,34,36)(H,37,38);3-5,10,13,15,17,22,29,31,33,35-36H,6-9,28H2,1-2H3/b34-20+;33-18-;/t14?,17?,19?,22?,27?,32-;12?,15?,17?,21?,26?,31-;10?,13?,15?,17?,22?,27-/m000/s1. The van der Waals surface area contributed by atoms with Crippen molar-refractivity contribution < 1.29 is 177 Å². The number of nitrogens with one attached hydrogen (secondary N) is 2. The minimum absolute atomic E-state index is 0.0113. The van der Waals surface area contributed by atoms with E-state index in [2.05, 4.69) is 21.1 Å². The molecule has 6 aliphatic carbocycles. The van der Waals surface area contributed by atoms with E-state index in [9.17, 15) is 129 Å². The molecule has 0 bridgehead atoms. The Bertz CT molecular complexity index is 5560. The van der Waals surface area contributed by atoms with E-state index in [0.717, 1.165) is 0 Å². The van der Waals surface area contributed by atoms with E-state index in [4.69, 9.17) is 64.9 Å². The van der Waals surface area contributed by atoms with Crippen molar-refractivity contribution in [1.82, 2.24) is 10.9 Å². The van der Waals surface area contributed by atoms with Crippen LogP contribution in [-0.4, -0.2) is 289 Å². The third-order valence-electron chi connectivity index (χ3n) is 25.4. The van der Waals surface area contributed by atoms with Crippen LogP contribution in [0.4, 0.5) is 0 Å². The van der Waals surface area contributed by atoms with E-state index in [1.54, 1.807) is 20.8 Å². The van der Waals surface area contributed by atoms with Gasteiger partial charge in [-0.15, -0.1) is 0 Å². The monoisotopic (exact) mass is 1860 g/mol. The van der Waals surface area contributed by atoms with E-state index in [-0.39, 0.29) is 128 Å². The molecule has 43 nitrogen and oxygen atoms in total. The highest BCUT2D eigenvalue weighted by molar-refractivity contribution is 6.34. The summed E-state index contributed by atoms with van der Waals surface area (Å²) in [6.45, 7) is 3.21. The number of phenols is 6. The number of phenolic OH excluding ortho intramolecular Hbond substituents is 6. The van der Waals surface area contributed by atoms with Gasteiger partial charge in [-0.05, 0) is 45.9 Å². The summed E-state index contributed by atoms with van der Waals surface area (Å²) >= 11 is 0. The van der Waals surface area contributed by atoms with E-state index in [1.807, 2.05) is 0 Å². The van der Waals surface area contributed by atoms with Gasteiger partial charge < -0.3 is 146 Å². The first-order chi connectivity index (χ1) is 62.9. The molecule has 24 N–H and O–H groups in total. The third-order valence-corrected chi connectivity index (χ3v) is 25.4. The molecule has 0 aromatic heterocycles. The summed E-state index contributed by atoms with van der Waals surface area (Å²) < 4.78 is 51.5. The maximum Gasteiger partial charge on any atom is 0.303 e.